The normalized spacial score (nSPS) is 23.3. The average molecular weight is 272 g/mol. The molecule has 1 fully saturated rings. The van der Waals surface area contributed by atoms with E-state index in [1.807, 2.05) is 0 Å². The van der Waals surface area contributed by atoms with E-state index in [0.717, 1.165) is 39.0 Å². The minimum Gasteiger partial charge on any atom is -0.382 e. The summed E-state index contributed by atoms with van der Waals surface area (Å²) in [6, 6.07) is -0.00768. The van der Waals surface area contributed by atoms with Gasteiger partial charge in [0.05, 0.1) is 19.3 Å². The van der Waals surface area contributed by atoms with Gasteiger partial charge in [-0.05, 0) is 38.1 Å². The average Bonchev–Trinajstić information content (AvgIpc) is 2.42. The monoisotopic (exact) mass is 272 g/mol. The van der Waals surface area contributed by atoms with Gasteiger partial charge in [0.1, 0.15) is 0 Å². The van der Waals surface area contributed by atoms with Crippen molar-refractivity contribution < 1.29 is 14.3 Å². The van der Waals surface area contributed by atoms with Crippen LogP contribution in [0.5, 0.6) is 0 Å². The van der Waals surface area contributed by atoms with Gasteiger partial charge >= 0.3 is 0 Å². The van der Waals surface area contributed by atoms with Gasteiger partial charge in [0.15, 0.2) is 0 Å². The fourth-order valence-corrected chi connectivity index (χ4v) is 2.30. The van der Waals surface area contributed by atoms with Crippen LogP contribution in [-0.2, 0) is 14.3 Å². The van der Waals surface area contributed by atoms with E-state index in [9.17, 15) is 4.79 Å². The lowest BCUT2D eigenvalue weighted by Gasteiger charge is -2.28. The van der Waals surface area contributed by atoms with Crippen molar-refractivity contribution in [3.63, 3.8) is 0 Å². The van der Waals surface area contributed by atoms with Crippen LogP contribution >= 0.6 is 0 Å². The Morgan fingerprint density at radius 2 is 2.16 bits per heavy atom. The van der Waals surface area contributed by atoms with Gasteiger partial charge in [-0.25, -0.2) is 0 Å². The highest BCUT2D eigenvalue weighted by atomic mass is 16.5. The molecule has 0 bridgehead atoms. The molecule has 0 saturated carbocycles. The first-order valence-corrected chi connectivity index (χ1v) is 7.33. The summed E-state index contributed by atoms with van der Waals surface area (Å²) in [5, 5.41) is 6.30. The Balaban J connectivity index is 1.98. The molecule has 19 heavy (non-hydrogen) atoms. The molecule has 2 unspecified atom stereocenters. The van der Waals surface area contributed by atoms with Gasteiger partial charge in [0.25, 0.3) is 0 Å². The van der Waals surface area contributed by atoms with Crippen molar-refractivity contribution in [2.24, 2.45) is 5.92 Å². The molecule has 0 aromatic heterocycles. The zero-order chi connectivity index (χ0) is 13.9. The number of carbonyl (C=O) groups excluding carboxylic acids is 1. The van der Waals surface area contributed by atoms with Crippen molar-refractivity contribution in [3.8, 4) is 0 Å². The Morgan fingerprint density at radius 3 is 2.89 bits per heavy atom. The highest BCUT2D eigenvalue weighted by molar-refractivity contribution is 5.82. The van der Waals surface area contributed by atoms with E-state index in [2.05, 4.69) is 17.6 Å². The Bertz CT molecular complexity index is 249. The van der Waals surface area contributed by atoms with Gasteiger partial charge in [-0.1, -0.05) is 6.92 Å². The summed E-state index contributed by atoms with van der Waals surface area (Å²) in [6.45, 7) is 5.85. The van der Waals surface area contributed by atoms with Crippen molar-refractivity contribution in [1.82, 2.24) is 10.6 Å². The molecule has 1 amide bonds. The number of amides is 1. The molecular formula is C14H28N2O3. The third kappa shape index (κ3) is 6.89. The highest BCUT2D eigenvalue weighted by Crippen LogP contribution is 2.15. The third-order valence-electron chi connectivity index (χ3n) is 3.50. The van der Waals surface area contributed by atoms with E-state index in [-0.39, 0.29) is 11.9 Å². The number of nitrogens with one attached hydrogen (secondary N) is 2. The summed E-state index contributed by atoms with van der Waals surface area (Å²) in [7, 11) is 1.67. The molecular weight excluding hydrogens is 244 g/mol. The van der Waals surface area contributed by atoms with Crippen molar-refractivity contribution in [2.75, 3.05) is 40.0 Å². The lowest BCUT2D eigenvalue weighted by atomic mass is 9.92. The molecule has 0 radical (unpaired) electrons. The molecule has 2 N–H and O–H groups in total. The van der Waals surface area contributed by atoms with Crippen molar-refractivity contribution in [2.45, 2.75) is 38.6 Å². The molecule has 0 aromatic rings. The summed E-state index contributed by atoms with van der Waals surface area (Å²) in [5.41, 5.74) is 0. The fourth-order valence-electron chi connectivity index (χ4n) is 2.30. The van der Waals surface area contributed by atoms with Gasteiger partial charge in [-0.3, -0.25) is 4.79 Å². The zero-order valence-electron chi connectivity index (χ0n) is 12.2. The molecule has 0 spiro atoms. The van der Waals surface area contributed by atoms with E-state index < -0.39 is 0 Å². The van der Waals surface area contributed by atoms with Crippen LogP contribution in [-0.4, -0.2) is 52.0 Å². The molecule has 0 aliphatic carbocycles. The van der Waals surface area contributed by atoms with Crippen molar-refractivity contribution in [1.29, 1.82) is 0 Å². The third-order valence-corrected chi connectivity index (χ3v) is 3.50. The van der Waals surface area contributed by atoms with Gasteiger partial charge in [-0.15, -0.1) is 0 Å². The molecule has 5 heteroatoms. The number of piperidine rings is 1. The first-order chi connectivity index (χ1) is 9.25. The minimum absolute atomic E-state index is 0.00768. The maximum Gasteiger partial charge on any atom is 0.237 e. The summed E-state index contributed by atoms with van der Waals surface area (Å²) < 4.78 is 10.3. The Kier molecular flexibility index (Phi) is 8.79. The van der Waals surface area contributed by atoms with Gasteiger partial charge in [0, 0.05) is 20.3 Å². The van der Waals surface area contributed by atoms with E-state index >= 15 is 0 Å². The van der Waals surface area contributed by atoms with Crippen molar-refractivity contribution >= 4 is 5.91 Å². The van der Waals surface area contributed by atoms with Crippen LogP contribution in [0.2, 0.25) is 0 Å². The summed E-state index contributed by atoms with van der Waals surface area (Å²) in [4.78, 5) is 12.0. The smallest absolute Gasteiger partial charge is 0.237 e. The van der Waals surface area contributed by atoms with Crippen LogP contribution in [0.25, 0.3) is 0 Å². The summed E-state index contributed by atoms with van der Waals surface area (Å²) >= 11 is 0. The Morgan fingerprint density at radius 1 is 1.32 bits per heavy atom. The second kappa shape index (κ2) is 10.2. The standard InChI is InChI=1S/C14H28N2O3/c1-12-6-5-8-15-13(12)14(17)16-7-3-4-9-19-11-10-18-2/h12-13,15H,3-11H2,1-2H3,(H,16,17). The van der Waals surface area contributed by atoms with Crippen LogP contribution in [0.15, 0.2) is 0 Å². The molecule has 0 aromatic carbocycles. The fraction of sp³-hybridized carbons (Fsp3) is 0.929. The second-order valence-electron chi connectivity index (χ2n) is 5.15. The van der Waals surface area contributed by atoms with Crippen LogP contribution < -0.4 is 10.6 Å². The summed E-state index contributed by atoms with van der Waals surface area (Å²) in [5.74, 6) is 0.582. The lowest BCUT2D eigenvalue weighted by Crippen LogP contribution is -2.51. The number of hydrogen-bond acceptors (Lipinski definition) is 4. The minimum atomic E-state index is -0.00768. The van der Waals surface area contributed by atoms with Crippen molar-refractivity contribution in [3.05, 3.63) is 0 Å². The van der Waals surface area contributed by atoms with Gasteiger partial charge in [0.2, 0.25) is 5.91 Å². The highest BCUT2D eigenvalue weighted by Gasteiger charge is 2.26. The van der Waals surface area contributed by atoms with Gasteiger partial charge in [-0.2, -0.15) is 0 Å². The van der Waals surface area contributed by atoms with Crippen LogP contribution in [0, 0.1) is 5.92 Å². The number of hydrogen-bond donors (Lipinski definition) is 2. The molecule has 2 atom stereocenters. The predicted octanol–water partition coefficient (Wildman–Crippen LogP) is 0.934. The topological polar surface area (TPSA) is 59.6 Å². The molecule has 112 valence electrons. The van der Waals surface area contributed by atoms with E-state index in [1.165, 1.54) is 6.42 Å². The SMILES string of the molecule is COCCOCCCCNC(=O)C1NCCCC1C. The quantitative estimate of drug-likeness (QED) is 0.613. The van der Waals surface area contributed by atoms with E-state index in [4.69, 9.17) is 9.47 Å². The zero-order valence-corrected chi connectivity index (χ0v) is 12.2. The second-order valence-corrected chi connectivity index (χ2v) is 5.15. The van der Waals surface area contributed by atoms with Crippen LogP contribution in [0.4, 0.5) is 0 Å². The maximum absolute atomic E-state index is 12.0. The maximum atomic E-state index is 12.0. The first kappa shape index (κ1) is 16.4. The predicted molar refractivity (Wildman–Crippen MR) is 75.1 cm³/mol. The van der Waals surface area contributed by atoms with E-state index in [0.29, 0.717) is 19.1 Å². The largest absolute Gasteiger partial charge is 0.382 e. The van der Waals surface area contributed by atoms with Gasteiger partial charge < -0.3 is 20.1 Å². The van der Waals surface area contributed by atoms with E-state index in [1.54, 1.807) is 7.11 Å². The molecule has 1 rings (SSSR count). The molecule has 1 aliphatic heterocycles. The summed E-state index contributed by atoms with van der Waals surface area (Å²) in [6.07, 6.45) is 4.24. The number of rotatable bonds is 9. The molecule has 1 saturated heterocycles. The van der Waals surface area contributed by atoms with Crippen LogP contribution in [0.1, 0.15) is 32.6 Å². The first-order valence-electron chi connectivity index (χ1n) is 7.33. The molecule has 1 heterocycles. The lowest BCUT2D eigenvalue weighted by molar-refractivity contribution is -0.124. The number of carbonyl (C=O) groups is 1. The number of unbranched alkanes of at least 4 members (excludes halogenated alkanes) is 1. The number of ether oxygens (including phenoxy) is 2. The molecule has 5 nitrogen and oxygen atoms in total. The Labute approximate surface area is 116 Å². The van der Waals surface area contributed by atoms with Crippen LogP contribution in [0.3, 0.4) is 0 Å². The Hall–Kier alpha value is -0.650. The number of methoxy groups -OCH3 is 1. The molecule has 1 aliphatic rings.